The topological polar surface area (TPSA) is 86.0 Å². The Morgan fingerprint density at radius 2 is 1.73 bits per heavy atom. The second kappa shape index (κ2) is 9.05. The van der Waals surface area contributed by atoms with Gasteiger partial charge in [-0.2, -0.15) is 15.0 Å². The second-order valence-corrected chi connectivity index (χ2v) is 6.44. The summed E-state index contributed by atoms with van der Waals surface area (Å²) >= 11 is 1.71. The Morgan fingerprint density at radius 3 is 2.54 bits per heavy atom. The number of nitrogens with zero attached hydrogens (tertiary/aromatic N) is 3. The number of hydrogen-bond donors (Lipinski definition) is 2. The second-order valence-electron chi connectivity index (χ2n) is 5.46. The van der Waals surface area contributed by atoms with Gasteiger partial charge < -0.3 is 15.8 Å². The van der Waals surface area contributed by atoms with Crippen molar-refractivity contribution in [2.24, 2.45) is 0 Å². The Labute approximate surface area is 157 Å². The van der Waals surface area contributed by atoms with E-state index in [0.717, 1.165) is 22.8 Å². The number of nitrogens with one attached hydrogen (secondary N) is 1. The number of nitrogens with two attached hydrogens (primary N) is 1. The third kappa shape index (κ3) is 5.10. The molecule has 3 N–H and O–H groups in total. The molecule has 0 aliphatic rings. The van der Waals surface area contributed by atoms with Crippen LogP contribution in [0.3, 0.4) is 0 Å². The van der Waals surface area contributed by atoms with E-state index in [-0.39, 0.29) is 5.95 Å². The molecule has 0 aliphatic heterocycles. The van der Waals surface area contributed by atoms with E-state index in [2.05, 4.69) is 26.3 Å². The highest BCUT2D eigenvalue weighted by atomic mass is 32.2. The van der Waals surface area contributed by atoms with Crippen LogP contribution in [0.1, 0.15) is 18.3 Å². The van der Waals surface area contributed by atoms with E-state index in [0.29, 0.717) is 24.1 Å². The predicted octanol–water partition coefficient (Wildman–Crippen LogP) is 4.03. The normalized spacial score (nSPS) is 10.5. The summed E-state index contributed by atoms with van der Waals surface area (Å²) in [6.07, 6.45) is 0. The lowest BCUT2D eigenvalue weighted by molar-refractivity contribution is 0.337. The maximum absolute atomic E-state index is 5.83. The average Bonchev–Trinajstić information content (AvgIpc) is 2.64. The van der Waals surface area contributed by atoms with Crippen molar-refractivity contribution in [3.8, 4) is 5.75 Å². The number of para-hydroxylation sites is 2. The minimum Gasteiger partial charge on any atom is -0.494 e. The van der Waals surface area contributed by atoms with Gasteiger partial charge in [-0.25, -0.2) is 0 Å². The van der Waals surface area contributed by atoms with Crippen LogP contribution >= 0.6 is 11.8 Å². The summed E-state index contributed by atoms with van der Waals surface area (Å²) < 4.78 is 5.66. The Hall–Kier alpha value is -2.80. The number of anilines is 3. The molecule has 3 rings (SSSR count). The number of aromatic nitrogens is 3. The van der Waals surface area contributed by atoms with Gasteiger partial charge in [0.15, 0.2) is 0 Å². The van der Waals surface area contributed by atoms with Crippen LogP contribution < -0.4 is 15.8 Å². The van der Waals surface area contributed by atoms with Crippen molar-refractivity contribution in [3.05, 3.63) is 66.0 Å². The molecule has 26 heavy (non-hydrogen) atoms. The zero-order chi connectivity index (χ0) is 18.2. The first kappa shape index (κ1) is 18.0. The van der Waals surface area contributed by atoms with Crippen molar-refractivity contribution in [3.63, 3.8) is 0 Å². The van der Waals surface area contributed by atoms with E-state index < -0.39 is 0 Å². The van der Waals surface area contributed by atoms with Crippen LogP contribution in [0.2, 0.25) is 0 Å². The van der Waals surface area contributed by atoms with Gasteiger partial charge in [0.25, 0.3) is 0 Å². The lowest BCUT2D eigenvalue weighted by Gasteiger charge is -2.10. The van der Waals surface area contributed by atoms with E-state index >= 15 is 0 Å². The van der Waals surface area contributed by atoms with E-state index in [1.54, 1.807) is 11.8 Å². The molecule has 7 heteroatoms. The average molecular weight is 367 g/mol. The third-order valence-electron chi connectivity index (χ3n) is 3.49. The highest BCUT2D eigenvalue weighted by molar-refractivity contribution is 7.97. The van der Waals surface area contributed by atoms with Crippen molar-refractivity contribution in [1.29, 1.82) is 0 Å². The Morgan fingerprint density at radius 1 is 0.962 bits per heavy atom. The predicted molar refractivity (Wildman–Crippen MR) is 107 cm³/mol. The molecular formula is C19H21N5OS. The fourth-order valence-electron chi connectivity index (χ4n) is 2.38. The lowest BCUT2D eigenvalue weighted by Crippen LogP contribution is -2.06. The van der Waals surface area contributed by atoms with Crippen LogP contribution in [-0.2, 0) is 11.5 Å². The van der Waals surface area contributed by atoms with Crippen molar-refractivity contribution in [2.45, 2.75) is 18.4 Å². The van der Waals surface area contributed by atoms with Gasteiger partial charge in [0.2, 0.25) is 11.9 Å². The summed E-state index contributed by atoms with van der Waals surface area (Å²) in [7, 11) is 0. The first-order valence-corrected chi connectivity index (χ1v) is 9.51. The van der Waals surface area contributed by atoms with Crippen LogP contribution in [0.4, 0.5) is 17.6 Å². The molecule has 2 aromatic carbocycles. The number of benzene rings is 2. The molecule has 0 amide bonds. The van der Waals surface area contributed by atoms with Crippen LogP contribution in [0.15, 0.2) is 54.6 Å². The van der Waals surface area contributed by atoms with Gasteiger partial charge in [0.05, 0.1) is 12.4 Å². The Bertz CT molecular complexity index is 844. The Balaban J connectivity index is 1.63. The van der Waals surface area contributed by atoms with Gasteiger partial charge in [0.1, 0.15) is 11.6 Å². The quantitative estimate of drug-likeness (QED) is 0.621. The van der Waals surface area contributed by atoms with E-state index in [9.17, 15) is 0 Å². The smallest absolute Gasteiger partial charge is 0.232 e. The minimum absolute atomic E-state index is 0.212. The molecule has 0 unspecified atom stereocenters. The number of rotatable bonds is 8. The van der Waals surface area contributed by atoms with Crippen molar-refractivity contribution >= 4 is 29.3 Å². The van der Waals surface area contributed by atoms with Gasteiger partial charge in [-0.1, -0.05) is 36.4 Å². The number of hydrogen-bond acceptors (Lipinski definition) is 7. The standard InChI is InChI=1S/C19H21N5OS/c1-2-25-16-11-7-6-8-14(16)12-26-13-17-22-18(20)24-19(23-17)21-15-9-4-3-5-10-15/h3-11H,2,12-13H2,1H3,(H3,20,21,22,23,24). The van der Waals surface area contributed by atoms with Crippen molar-refractivity contribution < 1.29 is 4.74 Å². The van der Waals surface area contributed by atoms with E-state index in [4.69, 9.17) is 10.5 Å². The highest BCUT2D eigenvalue weighted by Gasteiger charge is 2.07. The monoisotopic (exact) mass is 367 g/mol. The number of ether oxygens (including phenoxy) is 1. The fraction of sp³-hybridized carbons (Fsp3) is 0.211. The molecule has 0 fully saturated rings. The van der Waals surface area contributed by atoms with Gasteiger partial charge in [-0.15, -0.1) is 11.8 Å². The molecule has 0 bridgehead atoms. The maximum Gasteiger partial charge on any atom is 0.232 e. The SMILES string of the molecule is CCOc1ccccc1CSCc1nc(N)nc(Nc2ccccc2)n1. The summed E-state index contributed by atoms with van der Waals surface area (Å²) in [4.78, 5) is 12.8. The van der Waals surface area contributed by atoms with Crippen molar-refractivity contribution in [2.75, 3.05) is 17.7 Å². The van der Waals surface area contributed by atoms with Crippen LogP contribution in [0.25, 0.3) is 0 Å². The van der Waals surface area contributed by atoms with Gasteiger partial charge in [-0.3, -0.25) is 0 Å². The first-order chi connectivity index (χ1) is 12.7. The van der Waals surface area contributed by atoms with Gasteiger partial charge in [-0.05, 0) is 25.1 Å². The minimum atomic E-state index is 0.212. The molecule has 134 valence electrons. The van der Waals surface area contributed by atoms with Gasteiger partial charge >= 0.3 is 0 Å². The molecule has 0 spiro atoms. The number of thioether (sulfide) groups is 1. The molecule has 0 saturated heterocycles. The maximum atomic E-state index is 5.83. The summed E-state index contributed by atoms with van der Waals surface area (Å²) in [6, 6.07) is 17.8. The zero-order valence-corrected chi connectivity index (χ0v) is 15.4. The molecule has 6 nitrogen and oxygen atoms in total. The van der Waals surface area contributed by atoms with Crippen LogP contribution in [0.5, 0.6) is 5.75 Å². The van der Waals surface area contributed by atoms with E-state index in [1.807, 2.05) is 55.5 Å². The lowest BCUT2D eigenvalue weighted by atomic mass is 10.2. The molecule has 1 heterocycles. The van der Waals surface area contributed by atoms with E-state index in [1.165, 1.54) is 0 Å². The molecule has 0 radical (unpaired) electrons. The van der Waals surface area contributed by atoms with Crippen LogP contribution in [0, 0.1) is 0 Å². The Kier molecular flexibility index (Phi) is 6.27. The third-order valence-corrected chi connectivity index (χ3v) is 4.47. The summed E-state index contributed by atoms with van der Waals surface area (Å²) in [5, 5.41) is 3.15. The molecule has 0 saturated carbocycles. The fourth-order valence-corrected chi connectivity index (χ4v) is 3.25. The number of nitrogen functional groups attached to an aromatic ring is 1. The molecule has 0 atom stereocenters. The zero-order valence-electron chi connectivity index (χ0n) is 14.6. The summed E-state index contributed by atoms with van der Waals surface area (Å²) in [5.41, 5.74) is 7.89. The van der Waals surface area contributed by atoms with Gasteiger partial charge in [0, 0.05) is 17.0 Å². The largest absolute Gasteiger partial charge is 0.494 e. The first-order valence-electron chi connectivity index (χ1n) is 8.35. The molecule has 0 aliphatic carbocycles. The van der Waals surface area contributed by atoms with Crippen LogP contribution in [-0.4, -0.2) is 21.6 Å². The summed E-state index contributed by atoms with van der Waals surface area (Å²) in [6.45, 7) is 2.64. The molecular weight excluding hydrogens is 346 g/mol. The molecule has 3 aromatic rings. The molecule has 1 aromatic heterocycles. The summed E-state index contributed by atoms with van der Waals surface area (Å²) in [5.74, 6) is 3.68. The highest BCUT2D eigenvalue weighted by Crippen LogP contribution is 2.25. The van der Waals surface area contributed by atoms with Crippen molar-refractivity contribution in [1.82, 2.24) is 15.0 Å².